The van der Waals surface area contributed by atoms with Crippen molar-refractivity contribution in [2.45, 2.75) is 21.9 Å². The fourth-order valence-corrected chi connectivity index (χ4v) is 2.83. The summed E-state index contributed by atoms with van der Waals surface area (Å²) in [6, 6.07) is 0. The van der Waals surface area contributed by atoms with Crippen LogP contribution in [0.1, 0.15) is 0 Å². The first-order valence-electron chi connectivity index (χ1n) is 3.36. The van der Waals surface area contributed by atoms with Gasteiger partial charge in [0.1, 0.15) is 9.65 Å². The Labute approximate surface area is 81.2 Å². The van der Waals surface area contributed by atoms with E-state index in [-0.39, 0.29) is 27.6 Å². The molecule has 0 aromatic rings. The second kappa shape index (κ2) is 2.68. The number of hydrogen-bond acceptors (Lipinski definition) is 2. The molecule has 2 heterocycles. The molecule has 2 nitrogen and oxygen atoms in total. The van der Waals surface area contributed by atoms with E-state index in [1.807, 2.05) is 12.2 Å². The van der Waals surface area contributed by atoms with Gasteiger partial charge in [-0.15, -0.1) is 0 Å². The highest BCUT2D eigenvalue weighted by Gasteiger charge is 2.43. The molecule has 1 fully saturated rings. The number of hydrogen-bond donors (Lipinski definition) is 0. The summed E-state index contributed by atoms with van der Waals surface area (Å²) in [4.78, 5) is 11.0. The molecule has 0 unspecified atom stereocenters. The molecule has 4 atom stereocenters. The lowest BCUT2D eigenvalue weighted by Gasteiger charge is -2.28. The molecule has 60 valence electrons. The van der Waals surface area contributed by atoms with E-state index in [1.54, 1.807) is 0 Å². The molecule has 0 amide bonds. The number of ether oxygens (including phenoxy) is 1. The van der Waals surface area contributed by atoms with Crippen LogP contribution in [0.25, 0.3) is 0 Å². The van der Waals surface area contributed by atoms with Crippen molar-refractivity contribution in [1.82, 2.24) is 0 Å². The number of carbonyl (C=O) groups is 1. The first-order chi connectivity index (χ1) is 5.20. The van der Waals surface area contributed by atoms with Gasteiger partial charge in [-0.25, -0.2) is 0 Å². The van der Waals surface area contributed by atoms with Crippen LogP contribution in [-0.4, -0.2) is 27.6 Å². The molecule has 0 aromatic heterocycles. The van der Waals surface area contributed by atoms with Gasteiger partial charge in [0.25, 0.3) is 0 Å². The second-order valence-electron chi connectivity index (χ2n) is 2.66. The SMILES string of the molecule is O=C1[C@H](Br)[C@H]2C=C[C@@H](O2)[C@H]1Br. The summed E-state index contributed by atoms with van der Waals surface area (Å²) in [7, 11) is 0. The quantitative estimate of drug-likeness (QED) is 0.496. The third-order valence-electron chi connectivity index (χ3n) is 1.93. The number of fused-ring (bicyclic) bond motifs is 2. The van der Waals surface area contributed by atoms with Crippen molar-refractivity contribution in [2.24, 2.45) is 0 Å². The summed E-state index contributed by atoms with van der Waals surface area (Å²) < 4.78 is 5.47. The maximum atomic E-state index is 11.4. The fraction of sp³-hybridized carbons (Fsp3) is 0.571. The van der Waals surface area contributed by atoms with Crippen LogP contribution in [0.3, 0.4) is 0 Å². The molecule has 4 heteroatoms. The maximum Gasteiger partial charge on any atom is 0.165 e. The maximum absolute atomic E-state index is 11.4. The van der Waals surface area contributed by atoms with Crippen LogP contribution in [0.5, 0.6) is 0 Å². The van der Waals surface area contributed by atoms with E-state index in [9.17, 15) is 4.79 Å². The number of carbonyl (C=O) groups excluding carboxylic acids is 1. The molecule has 1 saturated heterocycles. The molecule has 2 bridgehead atoms. The van der Waals surface area contributed by atoms with Gasteiger partial charge in [0.05, 0.1) is 12.2 Å². The Kier molecular flexibility index (Phi) is 1.93. The highest BCUT2D eigenvalue weighted by atomic mass is 79.9. The molecular formula is C7H6Br2O2. The molecule has 0 saturated carbocycles. The fourth-order valence-electron chi connectivity index (χ4n) is 1.30. The van der Waals surface area contributed by atoms with Crippen molar-refractivity contribution in [3.05, 3.63) is 12.2 Å². The first-order valence-corrected chi connectivity index (χ1v) is 5.19. The number of Topliss-reactive ketones (excluding diaryl/α,β-unsaturated/α-hetero) is 1. The Hall–Kier alpha value is 0.330. The van der Waals surface area contributed by atoms with Crippen molar-refractivity contribution in [2.75, 3.05) is 0 Å². The van der Waals surface area contributed by atoms with Gasteiger partial charge >= 0.3 is 0 Å². The number of halogens is 2. The normalized spacial score (nSPS) is 48.4. The van der Waals surface area contributed by atoms with Gasteiger partial charge in [-0.1, -0.05) is 44.0 Å². The van der Waals surface area contributed by atoms with Crippen molar-refractivity contribution in [1.29, 1.82) is 0 Å². The summed E-state index contributed by atoms with van der Waals surface area (Å²) in [6.45, 7) is 0. The number of alkyl halides is 2. The number of rotatable bonds is 0. The summed E-state index contributed by atoms with van der Waals surface area (Å²) in [5.41, 5.74) is 0. The lowest BCUT2D eigenvalue weighted by atomic mass is 10.1. The zero-order chi connectivity index (χ0) is 8.01. The topological polar surface area (TPSA) is 26.3 Å². The van der Waals surface area contributed by atoms with E-state index in [2.05, 4.69) is 31.9 Å². The Morgan fingerprint density at radius 1 is 1.18 bits per heavy atom. The zero-order valence-electron chi connectivity index (χ0n) is 5.54. The van der Waals surface area contributed by atoms with Crippen LogP contribution in [0.15, 0.2) is 12.2 Å². The average molecular weight is 282 g/mol. The number of ketones is 1. The second-order valence-corrected chi connectivity index (χ2v) is 4.63. The molecule has 0 aromatic carbocycles. The average Bonchev–Trinajstić information content (AvgIpc) is 2.44. The molecule has 0 radical (unpaired) electrons. The van der Waals surface area contributed by atoms with Gasteiger partial charge in [0.15, 0.2) is 5.78 Å². The molecule has 2 aliphatic heterocycles. The van der Waals surface area contributed by atoms with Crippen LogP contribution in [0.2, 0.25) is 0 Å². The van der Waals surface area contributed by atoms with Crippen LogP contribution >= 0.6 is 31.9 Å². The van der Waals surface area contributed by atoms with Crippen molar-refractivity contribution >= 4 is 37.6 Å². The van der Waals surface area contributed by atoms with Gasteiger partial charge in [0, 0.05) is 0 Å². The minimum atomic E-state index is -0.179. The summed E-state index contributed by atoms with van der Waals surface area (Å²) in [5, 5.41) is 0. The summed E-state index contributed by atoms with van der Waals surface area (Å²) in [5.74, 6) is 0.177. The van der Waals surface area contributed by atoms with Gasteiger partial charge < -0.3 is 4.74 Å². The lowest BCUT2D eigenvalue weighted by molar-refractivity contribution is -0.125. The van der Waals surface area contributed by atoms with E-state index in [0.717, 1.165) is 0 Å². The van der Waals surface area contributed by atoms with E-state index in [0.29, 0.717) is 0 Å². The van der Waals surface area contributed by atoms with Gasteiger partial charge in [-0.2, -0.15) is 0 Å². The molecule has 0 spiro atoms. The molecule has 2 aliphatic rings. The van der Waals surface area contributed by atoms with Crippen molar-refractivity contribution < 1.29 is 9.53 Å². The summed E-state index contributed by atoms with van der Waals surface area (Å²) in [6.07, 6.45) is 3.76. The van der Waals surface area contributed by atoms with Crippen LogP contribution < -0.4 is 0 Å². The molecule has 0 N–H and O–H groups in total. The zero-order valence-corrected chi connectivity index (χ0v) is 8.71. The Bertz CT molecular complexity index is 206. The lowest BCUT2D eigenvalue weighted by Crippen LogP contribution is -2.44. The van der Waals surface area contributed by atoms with Crippen molar-refractivity contribution in [3.63, 3.8) is 0 Å². The summed E-state index contributed by atoms with van der Waals surface area (Å²) >= 11 is 6.58. The third kappa shape index (κ3) is 1.12. The van der Waals surface area contributed by atoms with Gasteiger partial charge in [-0.3, -0.25) is 4.79 Å². The minimum absolute atomic E-state index is 0.0544. The van der Waals surface area contributed by atoms with Crippen LogP contribution in [-0.2, 0) is 9.53 Å². The smallest absolute Gasteiger partial charge is 0.165 e. The van der Waals surface area contributed by atoms with Crippen molar-refractivity contribution in [3.8, 4) is 0 Å². The Morgan fingerprint density at radius 3 is 2.09 bits per heavy atom. The van der Waals surface area contributed by atoms with E-state index in [1.165, 1.54) is 0 Å². The molecule has 2 rings (SSSR count). The highest BCUT2D eigenvalue weighted by molar-refractivity contribution is 9.10. The molecule has 11 heavy (non-hydrogen) atoms. The first kappa shape index (κ1) is 7.95. The standard InChI is InChI=1S/C7H6Br2O2/c8-5-3-1-2-4(11-3)6(9)7(5)10/h1-6H/t3-,4-,5-,6-/m1/s1. The predicted octanol–water partition coefficient (Wildman–Crippen LogP) is 1.42. The van der Waals surface area contributed by atoms with Crippen LogP contribution in [0, 0.1) is 0 Å². The Morgan fingerprint density at radius 2 is 1.64 bits per heavy atom. The van der Waals surface area contributed by atoms with Gasteiger partial charge in [0.2, 0.25) is 0 Å². The molecular weight excluding hydrogens is 276 g/mol. The largest absolute Gasteiger partial charge is 0.364 e. The van der Waals surface area contributed by atoms with E-state index in [4.69, 9.17) is 4.74 Å². The minimum Gasteiger partial charge on any atom is -0.364 e. The van der Waals surface area contributed by atoms with Crippen LogP contribution in [0.4, 0.5) is 0 Å². The molecule has 0 aliphatic carbocycles. The monoisotopic (exact) mass is 280 g/mol. The Balaban J connectivity index is 2.29. The van der Waals surface area contributed by atoms with E-state index >= 15 is 0 Å². The highest BCUT2D eigenvalue weighted by Crippen LogP contribution is 2.32. The van der Waals surface area contributed by atoms with E-state index < -0.39 is 0 Å². The van der Waals surface area contributed by atoms with Gasteiger partial charge in [-0.05, 0) is 0 Å². The third-order valence-corrected chi connectivity index (χ3v) is 3.87. The predicted molar refractivity (Wildman–Crippen MR) is 48.2 cm³/mol.